The van der Waals surface area contributed by atoms with Crippen molar-refractivity contribution < 1.29 is 21.7 Å². The molecule has 0 radical (unpaired) electrons. The molecule has 1 aliphatic heterocycles. The van der Waals surface area contributed by atoms with Crippen molar-refractivity contribution in [2.45, 2.75) is 11.8 Å². The molecule has 7 nitrogen and oxygen atoms in total. The van der Waals surface area contributed by atoms with Crippen molar-refractivity contribution in [3.05, 3.63) is 54.2 Å². The molecule has 1 fully saturated rings. The number of aromatic nitrogens is 1. The van der Waals surface area contributed by atoms with E-state index in [0.29, 0.717) is 43.5 Å². The van der Waals surface area contributed by atoms with E-state index in [1.165, 1.54) is 28.7 Å². The van der Waals surface area contributed by atoms with E-state index in [1.807, 2.05) is 4.90 Å². The predicted octanol–water partition coefficient (Wildman–Crippen LogP) is 2.89. The number of nitrogens with zero attached hydrogens (tertiary/aromatic N) is 3. The molecular weight excluding hydrogens is 373 g/mol. The SMILES string of the molecule is Cc1oc(-c2ccno2)cc1S(=O)(=O)N1CCN(c2ccc(F)cc2)CC1. The summed E-state index contributed by atoms with van der Waals surface area (Å²) in [5, 5.41) is 3.61. The lowest BCUT2D eigenvalue weighted by molar-refractivity contribution is 0.383. The minimum Gasteiger partial charge on any atom is -0.457 e. The van der Waals surface area contributed by atoms with Crippen molar-refractivity contribution in [1.29, 1.82) is 0 Å². The second-order valence-electron chi connectivity index (χ2n) is 6.28. The maximum atomic E-state index is 13.1. The minimum absolute atomic E-state index is 0.129. The average Bonchev–Trinajstić information content (AvgIpc) is 3.32. The maximum Gasteiger partial charge on any atom is 0.246 e. The molecule has 0 aliphatic carbocycles. The van der Waals surface area contributed by atoms with Crippen LogP contribution in [0.15, 0.2) is 56.4 Å². The summed E-state index contributed by atoms with van der Waals surface area (Å²) in [7, 11) is -3.68. The van der Waals surface area contributed by atoms with Crippen molar-refractivity contribution in [3.8, 4) is 11.5 Å². The van der Waals surface area contributed by atoms with Gasteiger partial charge in [-0.3, -0.25) is 0 Å². The number of furan rings is 1. The predicted molar refractivity (Wildman–Crippen MR) is 96.3 cm³/mol. The number of halogens is 1. The summed E-state index contributed by atoms with van der Waals surface area (Å²) >= 11 is 0. The molecule has 1 aromatic carbocycles. The van der Waals surface area contributed by atoms with Crippen LogP contribution in [0.25, 0.3) is 11.5 Å². The lowest BCUT2D eigenvalue weighted by Gasteiger charge is -2.35. The number of aryl methyl sites for hydroxylation is 1. The third kappa shape index (κ3) is 3.35. The van der Waals surface area contributed by atoms with E-state index in [0.717, 1.165) is 5.69 Å². The molecule has 3 heterocycles. The fourth-order valence-corrected chi connectivity index (χ4v) is 4.75. The smallest absolute Gasteiger partial charge is 0.246 e. The summed E-state index contributed by atoms with van der Waals surface area (Å²) in [6, 6.07) is 9.27. The molecule has 1 saturated heterocycles. The largest absolute Gasteiger partial charge is 0.457 e. The molecule has 0 unspecified atom stereocenters. The number of sulfonamides is 1. The third-order valence-electron chi connectivity index (χ3n) is 4.60. The number of benzene rings is 1. The highest BCUT2D eigenvalue weighted by atomic mass is 32.2. The van der Waals surface area contributed by atoms with E-state index in [1.54, 1.807) is 25.1 Å². The summed E-state index contributed by atoms with van der Waals surface area (Å²) < 4.78 is 51.2. The molecule has 9 heteroatoms. The molecular formula is C18H18FN3O4S. The van der Waals surface area contributed by atoms with Crippen LogP contribution in [0.1, 0.15) is 5.76 Å². The van der Waals surface area contributed by atoms with Crippen molar-refractivity contribution in [1.82, 2.24) is 9.46 Å². The van der Waals surface area contributed by atoms with E-state index >= 15 is 0 Å². The van der Waals surface area contributed by atoms with Crippen molar-refractivity contribution >= 4 is 15.7 Å². The van der Waals surface area contributed by atoms with Gasteiger partial charge in [-0.25, -0.2) is 12.8 Å². The summed E-state index contributed by atoms with van der Waals surface area (Å²) in [6.45, 7) is 3.33. The Morgan fingerprint density at radius 3 is 2.37 bits per heavy atom. The van der Waals surface area contributed by atoms with Gasteiger partial charge in [0.2, 0.25) is 15.8 Å². The molecule has 27 heavy (non-hydrogen) atoms. The molecule has 0 spiro atoms. The molecule has 3 aromatic rings. The van der Waals surface area contributed by atoms with Crippen LogP contribution in [-0.4, -0.2) is 44.1 Å². The highest BCUT2D eigenvalue weighted by Crippen LogP contribution is 2.30. The number of piperazine rings is 1. The highest BCUT2D eigenvalue weighted by Gasteiger charge is 2.32. The average molecular weight is 391 g/mol. The second kappa shape index (κ2) is 6.82. The lowest BCUT2D eigenvalue weighted by atomic mass is 10.2. The van der Waals surface area contributed by atoms with E-state index in [-0.39, 0.29) is 10.7 Å². The van der Waals surface area contributed by atoms with Gasteiger partial charge >= 0.3 is 0 Å². The van der Waals surface area contributed by atoms with E-state index in [4.69, 9.17) is 8.94 Å². The molecule has 0 N–H and O–H groups in total. The van der Waals surface area contributed by atoms with Gasteiger partial charge < -0.3 is 13.8 Å². The Labute approximate surface area is 156 Å². The van der Waals surface area contributed by atoms with Gasteiger partial charge in [-0.1, -0.05) is 5.16 Å². The minimum atomic E-state index is -3.68. The van der Waals surface area contributed by atoms with Crippen LogP contribution < -0.4 is 4.90 Å². The van der Waals surface area contributed by atoms with Crippen molar-refractivity contribution in [2.24, 2.45) is 0 Å². The van der Waals surface area contributed by atoms with Crippen LogP contribution in [0, 0.1) is 12.7 Å². The molecule has 0 atom stereocenters. The van der Waals surface area contributed by atoms with Gasteiger partial charge in [-0.15, -0.1) is 0 Å². The van der Waals surface area contributed by atoms with Gasteiger partial charge in [0.05, 0.1) is 6.20 Å². The maximum absolute atomic E-state index is 13.1. The number of rotatable bonds is 4. The van der Waals surface area contributed by atoms with Crippen LogP contribution >= 0.6 is 0 Å². The zero-order valence-corrected chi connectivity index (χ0v) is 15.4. The molecule has 0 bridgehead atoms. The molecule has 4 rings (SSSR count). The van der Waals surface area contributed by atoms with Gasteiger partial charge in [0.25, 0.3) is 0 Å². The van der Waals surface area contributed by atoms with Crippen LogP contribution in [-0.2, 0) is 10.0 Å². The first-order chi connectivity index (χ1) is 12.9. The summed E-state index contributed by atoms with van der Waals surface area (Å²) in [5.74, 6) is 0.717. The van der Waals surface area contributed by atoms with Crippen molar-refractivity contribution in [2.75, 3.05) is 31.1 Å². The fraction of sp³-hybridized carbons (Fsp3) is 0.278. The van der Waals surface area contributed by atoms with Crippen LogP contribution in [0.2, 0.25) is 0 Å². The number of hydrogen-bond acceptors (Lipinski definition) is 6. The first-order valence-electron chi connectivity index (χ1n) is 8.47. The Hall–Kier alpha value is -2.65. The Kier molecular flexibility index (Phi) is 4.48. The highest BCUT2D eigenvalue weighted by molar-refractivity contribution is 7.89. The zero-order valence-electron chi connectivity index (χ0n) is 14.6. The Bertz CT molecular complexity index is 1020. The monoisotopic (exact) mass is 391 g/mol. The van der Waals surface area contributed by atoms with Gasteiger partial charge in [0, 0.05) is 44.0 Å². The number of anilines is 1. The van der Waals surface area contributed by atoms with Crippen LogP contribution in [0.5, 0.6) is 0 Å². The van der Waals surface area contributed by atoms with Gasteiger partial charge in [0.1, 0.15) is 16.5 Å². The molecule has 2 aromatic heterocycles. The fourth-order valence-electron chi connectivity index (χ4n) is 3.16. The van der Waals surface area contributed by atoms with Crippen molar-refractivity contribution in [3.63, 3.8) is 0 Å². The van der Waals surface area contributed by atoms with E-state index in [9.17, 15) is 12.8 Å². The lowest BCUT2D eigenvalue weighted by Crippen LogP contribution is -2.48. The van der Waals surface area contributed by atoms with Gasteiger partial charge in [0.15, 0.2) is 5.76 Å². The molecule has 1 aliphatic rings. The normalized spacial score (nSPS) is 16.0. The summed E-state index contributed by atoms with van der Waals surface area (Å²) in [4.78, 5) is 2.16. The zero-order chi connectivity index (χ0) is 19.0. The number of hydrogen-bond donors (Lipinski definition) is 0. The molecule has 0 saturated carbocycles. The second-order valence-corrected chi connectivity index (χ2v) is 8.18. The van der Waals surface area contributed by atoms with Gasteiger partial charge in [-0.2, -0.15) is 4.31 Å². The quantitative estimate of drug-likeness (QED) is 0.680. The van der Waals surface area contributed by atoms with Crippen LogP contribution in [0.4, 0.5) is 10.1 Å². The molecule has 0 amide bonds. The Morgan fingerprint density at radius 2 is 1.74 bits per heavy atom. The first-order valence-corrected chi connectivity index (χ1v) is 9.91. The summed E-state index contributed by atoms with van der Waals surface area (Å²) in [6.07, 6.45) is 1.47. The molecule has 142 valence electrons. The Balaban J connectivity index is 1.51. The van der Waals surface area contributed by atoms with E-state index in [2.05, 4.69) is 5.16 Å². The third-order valence-corrected chi connectivity index (χ3v) is 6.61. The summed E-state index contributed by atoms with van der Waals surface area (Å²) in [5.41, 5.74) is 0.876. The van der Waals surface area contributed by atoms with Crippen LogP contribution in [0.3, 0.4) is 0 Å². The van der Waals surface area contributed by atoms with Gasteiger partial charge in [-0.05, 0) is 31.2 Å². The van der Waals surface area contributed by atoms with E-state index < -0.39 is 10.0 Å². The first kappa shape index (κ1) is 17.7. The standard InChI is InChI=1S/C18H18FN3O4S/c1-13-18(12-17(25-13)16-6-7-20-26-16)27(23,24)22-10-8-21(9-11-22)15-4-2-14(19)3-5-15/h2-7,12H,8-11H2,1H3. The Morgan fingerprint density at radius 1 is 1.04 bits per heavy atom. The topological polar surface area (TPSA) is 79.8 Å².